The highest BCUT2D eigenvalue weighted by Gasteiger charge is 2.32. The number of amides is 1. The summed E-state index contributed by atoms with van der Waals surface area (Å²) >= 11 is 10.1. The van der Waals surface area contributed by atoms with Gasteiger partial charge in [-0.05, 0) is 56.5 Å². The van der Waals surface area contributed by atoms with E-state index in [0.717, 1.165) is 17.1 Å². The first kappa shape index (κ1) is 17.2. The maximum atomic E-state index is 11.9. The molecule has 0 aliphatic carbocycles. The molecule has 1 aromatic carbocycles. The number of nitrogens with one attached hydrogen (secondary N) is 1. The Kier molecular flexibility index (Phi) is 6.05. The van der Waals surface area contributed by atoms with Crippen LogP contribution in [0.2, 0.25) is 0 Å². The standard InChI is InChI=1S/C13H14Br2N2O2S2/c1-13(20-2-3-21-13)6-11(18)17-16-7-8-4-9(14)12(19)10(15)5-8/h4-5,7,19H,2-3,6H2,1H3,(H,17,18)/b16-7-. The number of aromatic hydroxyl groups is 1. The van der Waals surface area contributed by atoms with Crippen molar-refractivity contribution in [3.63, 3.8) is 0 Å². The van der Waals surface area contributed by atoms with Crippen molar-refractivity contribution in [2.75, 3.05) is 11.5 Å². The largest absolute Gasteiger partial charge is 0.506 e. The highest BCUT2D eigenvalue weighted by molar-refractivity contribution is 9.11. The van der Waals surface area contributed by atoms with E-state index in [1.54, 1.807) is 18.3 Å². The van der Waals surface area contributed by atoms with Crippen molar-refractivity contribution in [2.24, 2.45) is 5.10 Å². The van der Waals surface area contributed by atoms with Gasteiger partial charge in [-0.3, -0.25) is 4.79 Å². The fourth-order valence-electron chi connectivity index (χ4n) is 1.83. The molecule has 0 aromatic heterocycles. The van der Waals surface area contributed by atoms with E-state index < -0.39 is 0 Å². The predicted octanol–water partition coefficient (Wildman–Crippen LogP) is 3.95. The number of carbonyl (C=O) groups excluding carboxylic acids is 1. The average Bonchev–Trinajstić information content (AvgIpc) is 2.82. The number of hydrogen-bond donors (Lipinski definition) is 2. The van der Waals surface area contributed by atoms with Gasteiger partial charge in [0.15, 0.2) is 0 Å². The minimum Gasteiger partial charge on any atom is -0.506 e. The van der Waals surface area contributed by atoms with Crippen LogP contribution in [0, 0.1) is 0 Å². The second-order valence-electron chi connectivity index (χ2n) is 4.63. The second kappa shape index (κ2) is 7.39. The fraction of sp³-hybridized carbons (Fsp3) is 0.385. The average molecular weight is 454 g/mol. The summed E-state index contributed by atoms with van der Waals surface area (Å²) in [5.74, 6) is 2.23. The topological polar surface area (TPSA) is 61.7 Å². The number of hydrazone groups is 1. The van der Waals surface area contributed by atoms with E-state index in [1.165, 1.54) is 0 Å². The van der Waals surface area contributed by atoms with Crippen LogP contribution < -0.4 is 5.43 Å². The zero-order valence-electron chi connectivity index (χ0n) is 11.2. The Morgan fingerprint density at radius 3 is 2.57 bits per heavy atom. The summed E-state index contributed by atoms with van der Waals surface area (Å²) < 4.78 is 1.09. The maximum Gasteiger partial charge on any atom is 0.242 e. The minimum atomic E-state index is -0.0902. The van der Waals surface area contributed by atoms with Crippen molar-refractivity contribution >= 4 is 67.5 Å². The molecule has 2 rings (SSSR count). The highest BCUT2D eigenvalue weighted by atomic mass is 79.9. The zero-order chi connectivity index (χ0) is 15.5. The number of benzene rings is 1. The fourth-order valence-corrected chi connectivity index (χ4v) is 5.88. The van der Waals surface area contributed by atoms with Crippen LogP contribution in [0.25, 0.3) is 0 Å². The van der Waals surface area contributed by atoms with Gasteiger partial charge in [0.2, 0.25) is 5.91 Å². The number of thioether (sulfide) groups is 2. The van der Waals surface area contributed by atoms with E-state index in [-0.39, 0.29) is 15.7 Å². The van der Waals surface area contributed by atoms with Gasteiger partial charge in [-0.15, -0.1) is 23.5 Å². The van der Waals surface area contributed by atoms with Crippen LogP contribution in [-0.2, 0) is 4.79 Å². The Labute approximate surface area is 148 Å². The third-order valence-electron chi connectivity index (χ3n) is 2.82. The van der Waals surface area contributed by atoms with Crippen LogP contribution in [-0.4, -0.2) is 32.8 Å². The number of phenolic OH excluding ortho intramolecular Hbond substituents is 1. The Bertz CT molecular complexity index is 552. The number of hydrogen-bond acceptors (Lipinski definition) is 5. The summed E-state index contributed by atoms with van der Waals surface area (Å²) in [4.78, 5) is 11.9. The van der Waals surface area contributed by atoms with E-state index in [2.05, 4.69) is 49.3 Å². The van der Waals surface area contributed by atoms with E-state index in [0.29, 0.717) is 15.4 Å². The quantitative estimate of drug-likeness (QED) is 0.535. The molecule has 0 atom stereocenters. The molecule has 1 saturated heterocycles. The van der Waals surface area contributed by atoms with Crippen LogP contribution in [0.15, 0.2) is 26.2 Å². The van der Waals surface area contributed by atoms with Gasteiger partial charge < -0.3 is 5.11 Å². The Balaban J connectivity index is 1.91. The van der Waals surface area contributed by atoms with Gasteiger partial charge in [-0.1, -0.05) is 0 Å². The van der Waals surface area contributed by atoms with Crippen LogP contribution in [0.4, 0.5) is 0 Å². The third kappa shape index (κ3) is 4.91. The molecule has 4 nitrogen and oxygen atoms in total. The second-order valence-corrected chi connectivity index (χ2v) is 9.80. The van der Waals surface area contributed by atoms with Gasteiger partial charge in [-0.2, -0.15) is 5.10 Å². The van der Waals surface area contributed by atoms with Crippen molar-refractivity contribution in [2.45, 2.75) is 17.4 Å². The van der Waals surface area contributed by atoms with Gasteiger partial charge in [-0.25, -0.2) is 5.43 Å². The molecule has 114 valence electrons. The summed E-state index contributed by atoms with van der Waals surface area (Å²) in [7, 11) is 0. The van der Waals surface area contributed by atoms with Gasteiger partial charge in [0, 0.05) is 11.5 Å². The van der Waals surface area contributed by atoms with Crippen LogP contribution in [0.3, 0.4) is 0 Å². The summed E-state index contributed by atoms with van der Waals surface area (Å²) in [6.07, 6.45) is 1.99. The molecule has 1 heterocycles. The monoisotopic (exact) mass is 452 g/mol. The Hall–Kier alpha value is -0.180. The highest BCUT2D eigenvalue weighted by Crippen LogP contribution is 2.45. The smallest absolute Gasteiger partial charge is 0.242 e. The molecular formula is C13H14Br2N2O2S2. The lowest BCUT2D eigenvalue weighted by molar-refractivity contribution is -0.121. The number of nitrogens with zero attached hydrogens (tertiary/aromatic N) is 1. The summed E-state index contributed by atoms with van der Waals surface area (Å²) in [5.41, 5.74) is 3.31. The van der Waals surface area contributed by atoms with Gasteiger partial charge in [0.05, 0.1) is 25.7 Å². The molecular weight excluding hydrogens is 440 g/mol. The van der Waals surface area contributed by atoms with Crippen LogP contribution >= 0.6 is 55.4 Å². The van der Waals surface area contributed by atoms with Gasteiger partial charge >= 0.3 is 0 Å². The zero-order valence-corrected chi connectivity index (χ0v) is 16.0. The summed E-state index contributed by atoms with van der Waals surface area (Å²) in [6, 6.07) is 3.44. The van der Waals surface area contributed by atoms with Crippen molar-refractivity contribution in [1.82, 2.24) is 5.43 Å². The number of carbonyl (C=O) groups is 1. The lowest BCUT2D eigenvalue weighted by Gasteiger charge is -2.19. The molecule has 8 heteroatoms. The first-order valence-electron chi connectivity index (χ1n) is 6.17. The minimum absolute atomic E-state index is 0.0375. The first-order chi connectivity index (χ1) is 9.89. The predicted molar refractivity (Wildman–Crippen MR) is 97.2 cm³/mol. The molecule has 1 aliphatic heterocycles. The molecule has 2 N–H and O–H groups in total. The van der Waals surface area contributed by atoms with Gasteiger partial charge in [0.1, 0.15) is 5.75 Å². The van der Waals surface area contributed by atoms with Gasteiger partial charge in [0.25, 0.3) is 0 Å². The molecule has 1 aromatic rings. The number of phenols is 1. The molecule has 1 amide bonds. The molecule has 0 spiro atoms. The molecule has 0 saturated carbocycles. The molecule has 1 fully saturated rings. The molecule has 1 aliphatic rings. The van der Waals surface area contributed by atoms with E-state index in [4.69, 9.17) is 0 Å². The lowest BCUT2D eigenvalue weighted by atomic mass is 10.2. The number of halogens is 2. The molecule has 0 radical (unpaired) electrons. The SMILES string of the molecule is CC1(CC(=O)N/N=C\c2cc(Br)c(O)c(Br)c2)SCCS1. The van der Waals surface area contributed by atoms with Crippen LogP contribution in [0.1, 0.15) is 18.9 Å². The summed E-state index contributed by atoms with van der Waals surface area (Å²) in [5, 5.41) is 13.6. The van der Waals surface area contributed by atoms with E-state index >= 15 is 0 Å². The number of rotatable bonds is 4. The molecule has 0 unspecified atom stereocenters. The maximum absolute atomic E-state index is 11.9. The summed E-state index contributed by atoms with van der Waals surface area (Å²) in [6.45, 7) is 2.09. The lowest BCUT2D eigenvalue weighted by Crippen LogP contribution is -2.26. The van der Waals surface area contributed by atoms with Crippen molar-refractivity contribution in [3.05, 3.63) is 26.6 Å². The molecule has 0 bridgehead atoms. The normalized spacial score (nSPS) is 17.3. The van der Waals surface area contributed by atoms with E-state index in [1.807, 2.05) is 23.5 Å². The Morgan fingerprint density at radius 1 is 1.43 bits per heavy atom. The van der Waals surface area contributed by atoms with E-state index in [9.17, 15) is 9.90 Å². The van der Waals surface area contributed by atoms with Crippen molar-refractivity contribution in [3.8, 4) is 5.75 Å². The first-order valence-corrected chi connectivity index (χ1v) is 9.73. The van der Waals surface area contributed by atoms with Crippen molar-refractivity contribution in [1.29, 1.82) is 0 Å². The molecule has 21 heavy (non-hydrogen) atoms. The Morgan fingerprint density at radius 2 is 2.00 bits per heavy atom. The third-order valence-corrected chi connectivity index (χ3v) is 7.32. The van der Waals surface area contributed by atoms with Crippen molar-refractivity contribution < 1.29 is 9.90 Å². The van der Waals surface area contributed by atoms with Crippen LogP contribution in [0.5, 0.6) is 5.75 Å².